The zero-order chi connectivity index (χ0) is 10.3. The Morgan fingerprint density at radius 2 is 1.86 bits per heavy atom. The fraction of sp³-hybridized carbons (Fsp3) is 0.400. The second-order valence-electron chi connectivity index (χ2n) is 3.65. The molecular weight excluding hydrogens is 240 g/mol. The van der Waals surface area contributed by atoms with Gasteiger partial charge in [-0.05, 0) is 36.5 Å². The van der Waals surface area contributed by atoms with E-state index in [2.05, 4.69) is 0 Å². The van der Waals surface area contributed by atoms with Gasteiger partial charge < -0.3 is 5.73 Å². The van der Waals surface area contributed by atoms with E-state index in [0.717, 1.165) is 5.56 Å². The fourth-order valence-corrected chi connectivity index (χ4v) is 2.27. The van der Waals surface area contributed by atoms with Crippen LogP contribution in [0.15, 0.2) is 12.1 Å². The van der Waals surface area contributed by atoms with Crippen LogP contribution < -0.4 is 5.73 Å². The highest BCUT2D eigenvalue weighted by atomic mass is 35.5. The first kappa shape index (κ1) is 10.6. The summed E-state index contributed by atoms with van der Waals surface area (Å²) >= 11 is 17.9. The van der Waals surface area contributed by atoms with E-state index in [4.69, 9.17) is 40.5 Å². The van der Waals surface area contributed by atoms with E-state index < -0.39 is 0 Å². The smallest absolute Gasteiger partial charge is 0.0641 e. The molecule has 1 aromatic rings. The molecule has 1 aliphatic rings. The molecule has 0 bridgehead atoms. The summed E-state index contributed by atoms with van der Waals surface area (Å²) in [4.78, 5) is 0. The van der Waals surface area contributed by atoms with Crippen molar-refractivity contribution in [2.75, 3.05) is 0 Å². The summed E-state index contributed by atoms with van der Waals surface area (Å²) < 4.78 is 0. The minimum Gasteiger partial charge on any atom is -0.324 e. The van der Waals surface area contributed by atoms with Crippen molar-refractivity contribution in [2.24, 2.45) is 11.7 Å². The van der Waals surface area contributed by atoms with Crippen LogP contribution in [0, 0.1) is 5.92 Å². The topological polar surface area (TPSA) is 26.0 Å². The van der Waals surface area contributed by atoms with Gasteiger partial charge in [-0.1, -0.05) is 34.8 Å². The maximum absolute atomic E-state index is 6.06. The Morgan fingerprint density at radius 3 is 2.43 bits per heavy atom. The van der Waals surface area contributed by atoms with Crippen molar-refractivity contribution in [3.05, 3.63) is 32.8 Å². The van der Waals surface area contributed by atoms with E-state index in [-0.39, 0.29) is 6.04 Å². The monoisotopic (exact) mass is 249 g/mol. The van der Waals surface area contributed by atoms with Gasteiger partial charge in [0.2, 0.25) is 0 Å². The molecule has 0 saturated heterocycles. The predicted molar refractivity (Wildman–Crippen MR) is 61.1 cm³/mol. The second kappa shape index (κ2) is 3.90. The van der Waals surface area contributed by atoms with Gasteiger partial charge in [0.05, 0.1) is 10.0 Å². The van der Waals surface area contributed by atoms with E-state index in [1.54, 1.807) is 12.1 Å². The summed E-state index contributed by atoms with van der Waals surface area (Å²) in [7, 11) is 0. The van der Waals surface area contributed by atoms with Crippen LogP contribution in [0.5, 0.6) is 0 Å². The first-order valence-corrected chi connectivity index (χ1v) is 5.63. The molecule has 0 aliphatic heterocycles. The molecule has 1 saturated carbocycles. The van der Waals surface area contributed by atoms with E-state index in [0.29, 0.717) is 21.0 Å². The lowest BCUT2D eigenvalue weighted by Gasteiger charge is -2.13. The Kier molecular flexibility index (Phi) is 2.94. The maximum Gasteiger partial charge on any atom is 0.0641 e. The number of hydrogen-bond donors (Lipinski definition) is 1. The molecule has 4 heteroatoms. The Balaban J connectivity index is 2.39. The summed E-state index contributed by atoms with van der Waals surface area (Å²) in [6, 6.07) is 3.41. The molecule has 0 heterocycles. The van der Waals surface area contributed by atoms with Crippen LogP contribution in [-0.4, -0.2) is 0 Å². The van der Waals surface area contributed by atoms with Crippen molar-refractivity contribution in [3.8, 4) is 0 Å². The normalized spacial score (nSPS) is 18.3. The van der Waals surface area contributed by atoms with Crippen LogP contribution in [0.2, 0.25) is 15.1 Å². The van der Waals surface area contributed by atoms with E-state index in [1.165, 1.54) is 12.8 Å². The minimum absolute atomic E-state index is 0.0290. The van der Waals surface area contributed by atoms with E-state index in [1.807, 2.05) is 0 Å². The van der Waals surface area contributed by atoms with Gasteiger partial charge in [0, 0.05) is 11.1 Å². The summed E-state index contributed by atoms with van der Waals surface area (Å²) in [5.74, 6) is 0.544. The third kappa shape index (κ3) is 2.01. The summed E-state index contributed by atoms with van der Waals surface area (Å²) in [5, 5.41) is 1.60. The number of nitrogens with two attached hydrogens (primary N) is 1. The summed E-state index contributed by atoms with van der Waals surface area (Å²) in [6.07, 6.45) is 2.34. The second-order valence-corrected chi connectivity index (χ2v) is 4.88. The Bertz CT molecular complexity index is 361. The molecule has 0 spiro atoms. The zero-order valence-corrected chi connectivity index (χ0v) is 9.70. The molecule has 0 aromatic heterocycles. The molecule has 2 N–H and O–H groups in total. The highest BCUT2D eigenvalue weighted by Gasteiger charge is 2.31. The number of hydrogen-bond acceptors (Lipinski definition) is 1. The van der Waals surface area contributed by atoms with E-state index >= 15 is 0 Å². The first-order chi connectivity index (χ1) is 6.59. The quantitative estimate of drug-likeness (QED) is 0.787. The Hall–Kier alpha value is 0.0500. The van der Waals surface area contributed by atoms with Gasteiger partial charge in [0.15, 0.2) is 0 Å². The molecule has 0 unspecified atom stereocenters. The van der Waals surface area contributed by atoms with Gasteiger partial charge >= 0.3 is 0 Å². The molecule has 14 heavy (non-hydrogen) atoms. The molecule has 1 nitrogen and oxygen atoms in total. The van der Waals surface area contributed by atoms with Crippen molar-refractivity contribution in [1.29, 1.82) is 0 Å². The van der Waals surface area contributed by atoms with Crippen LogP contribution in [0.3, 0.4) is 0 Å². The maximum atomic E-state index is 6.06. The third-order valence-corrected chi connectivity index (χ3v) is 3.54. The Labute approximate surface area is 98.1 Å². The SMILES string of the molecule is N[C@H](c1cc(Cl)cc(Cl)c1Cl)C1CC1. The van der Waals surface area contributed by atoms with Crippen molar-refractivity contribution in [2.45, 2.75) is 18.9 Å². The first-order valence-electron chi connectivity index (χ1n) is 4.49. The van der Waals surface area contributed by atoms with Gasteiger partial charge in [-0.3, -0.25) is 0 Å². The lowest BCUT2D eigenvalue weighted by atomic mass is 10.0. The van der Waals surface area contributed by atoms with Crippen LogP contribution in [0.4, 0.5) is 0 Å². The predicted octanol–water partition coefficient (Wildman–Crippen LogP) is 4.06. The highest BCUT2D eigenvalue weighted by Crippen LogP contribution is 2.43. The van der Waals surface area contributed by atoms with Crippen molar-refractivity contribution in [1.82, 2.24) is 0 Å². The fourth-order valence-electron chi connectivity index (χ4n) is 1.53. The molecule has 1 aliphatic carbocycles. The standard InChI is InChI=1S/C10H10Cl3N/c11-6-3-7(9(13)8(12)4-6)10(14)5-1-2-5/h3-5,10H,1-2,14H2/t10-/m0/s1. The van der Waals surface area contributed by atoms with Gasteiger partial charge in [0.25, 0.3) is 0 Å². The highest BCUT2D eigenvalue weighted by molar-refractivity contribution is 6.43. The van der Waals surface area contributed by atoms with Gasteiger partial charge in [-0.15, -0.1) is 0 Å². The lowest BCUT2D eigenvalue weighted by Crippen LogP contribution is -2.13. The summed E-state index contributed by atoms with van der Waals surface area (Å²) in [6.45, 7) is 0. The van der Waals surface area contributed by atoms with Gasteiger partial charge in [0.1, 0.15) is 0 Å². The number of halogens is 3. The molecular formula is C10H10Cl3N. The van der Waals surface area contributed by atoms with Crippen LogP contribution in [-0.2, 0) is 0 Å². The van der Waals surface area contributed by atoms with Gasteiger partial charge in [-0.25, -0.2) is 0 Å². The van der Waals surface area contributed by atoms with E-state index in [9.17, 15) is 0 Å². The van der Waals surface area contributed by atoms with Crippen molar-refractivity contribution >= 4 is 34.8 Å². The molecule has 1 atom stereocenters. The van der Waals surface area contributed by atoms with Crippen molar-refractivity contribution < 1.29 is 0 Å². The average molecular weight is 251 g/mol. The molecule has 2 rings (SSSR count). The molecule has 0 radical (unpaired) electrons. The molecule has 1 aromatic carbocycles. The van der Waals surface area contributed by atoms with Crippen LogP contribution in [0.1, 0.15) is 24.4 Å². The number of rotatable bonds is 2. The summed E-state index contributed by atoms with van der Waals surface area (Å²) in [5.41, 5.74) is 6.90. The molecule has 76 valence electrons. The average Bonchev–Trinajstić information content (AvgIpc) is 2.93. The largest absolute Gasteiger partial charge is 0.324 e. The third-order valence-electron chi connectivity index (χ3n) is 2.51. The van der Waals surface area contributed by atoms with Crippen LogP contribution in [0.25, 0.3) is 0 Å². The van der Waals surface area contributed by atoms with Crippen molar-refractivity contribution in [3.63, 3.8) is 0 Å². The van der Waals surface area contributed by atoms with Crippen LogP contribution >= 0.6 is 34.8 Å². The molecule has 0 amide bonds. The molecule has 1 fully saturated rings. The lowest BCUT2D eigenvalue weighted by molar-refractivity contribution is 0.634. The minimum atomic E-state index is -0.0290. The Morgan fingerprint density at radius 1 is 1.21 bits per heavy atom. The van der Waals surface area contributed by atoms with Gasteiger partial charge in [-0.2, -0.15) is 0 Å². The number of benzene rings is 1. The zero-order valence-electron chi connectivity index (χ0n) is 7.43.